The zero-order valence-corrected chi connectivity index (χ0v) is 18.7. The van der Waals surface area contributed by atoms with Gasteiger partial charge in [-0.1, -0.05) is 13.0 Å². The molecular weight excluding hydrogens is 376 g/mol. The van der Waals surface area contributed by atoms with Crippen LogP contribution >= 0.6 is 0 Å². The Bertz CT molecular complexity index is 930. The minimum Gasteiger partial charge on any atom is -0.346 e. The molecule has 2 fully saturated rings. The maximum atomic E-state index is 12.6. The van der Waals surface area contributed by atoms with Crippen molar-refractivity contribution in [2.24, 2.45) is 5.92 Å². The topological polar surface area (TPSA) is 61.3 Å². The third-order valence-electron chi connectivity index (χ3n) is 7.23. The third kappa shape index (κ3) is 4.20. The van der Waals surface area contributed by atoms with Crippen molar-refractivity contribution in [1.82, 2.24) is 19.4 Å². The minimum atomic E-state index is 0.0178. The number of fused-ring (bicyclic) bond motifs is 1. The molecule has 1 aliphatic heterocycles. The molecule has 0 unspecified atom stereocenters. The number of H-pyrrole nitrogens is 1. The Kier molecular flexibility index (Phi) is 6.32. The number of amides is 1. The van der Waals surface area contributed by atoms with E-state index in [2.05, 4.69) is 29.8 Å². The molecule has 1 aromatic carbocycles. The number of likely N-dealkylation sites (tertiary alicyclic amines) is 1. The molecule has 4 rings (SSSR count). The third-order valence-corrected chi connectivity index (χ3v) is 7.23. The lowest BCUT2D eigenvalue weighted by Gasteiger charge is -2.41. The van der Waals surface area contributed by atoms with Crippen LogP contribution in [0.2, 0.25) is 0 Å². The van der Waals surface area contributed by atoms with Crippen LogP contribution in [-0.2, 0) is 4.79 Å². The average molecular weight is 413 g/mol. The lowest BCUT2D eigenvalue weighted by atomic mass is 9.83. The highest BCUT2D eigenvalue weighted by Crippen LogP contribution is 2.33. The van der Waals surface area contributed by atoms with Crippen LogP contribution < -0.4 is 5.69 Å². The van der Waals surface area contributed by atoms with E-state index in [4.69, 9.17) is 0 Å². The lowest BCUT2D eigenvalue weighted by molar-refractivity contribution is -0.135. The molecule has 164 valence electrons. The summed E-state index contributed by atoms with van der Waals surface area (Å²) in [6.45, 7) is 7.13. The number of nitrogens with one attached hydrogen (secondary N) is 1. The van der Waals surface area contributed by atoms with E-state index in [1.54, 1.807) is 0 Å². The van der Waals surface area contributed by atoms with Crippen molar-refractivity contribution in [3.05, 3.63) is 34.2 Å². The zero-order chi connectivity index (χ0) is 21.3. The van der Waals surface area contributed by atoms with Crippen molar-refractivity contribution < 1.29 is 4.79 Å². The molecule has 1 aromatic heterocycles. The minimum absolute atomic E-state index is 0.0178. The predicted octanol–water partition coefficient (Wildman–Crippen LogP) is 3.70. The first kappa shape index (κ1) is 21.2. The lowest BCUT2D eigenvalue weighted by Crippen LogP contribution is -2.45. The van der Waals surface area contributed by atoms with Crippen molar-refractivity contribution in [3.63, 3.8) is 0 Å². The molecule has 2 aliphatic rings. The molecule has 2 aromatic rings. The number of benzene rings is 1. The maximum absolute atomic E-state index is 12.6. The smallest absolute Gasteiger partial charge is 0.326 e. The monoisotopic (exact) mass is 412 g/mol. The first-order valence-corrected chi connectivity index (χ1v) is 11.7. The van der Waals surface area contributed by atoms with Gasteiger partial charge < -0.3 is 14.8 Å². The van der Waals surface area contributed by atoms with E-state index in [0.717, 1.165) is 75.6 Å². The van der Waals surface area contributed by atoms with Gasteiger partial charge in [0.25, 0.3) is 0 Å². The van der Waals surface area contributed by atoms with Gasteiger partial charge in [0.2, 0.25) is 5.91 Å². The number of hydrogen-bond donors (Lipinski definition) is 1. The number of carbonyl (C=O) groups excluding carboxylic acids is 1. The Balaban J connectivity index is 1.34. The number of imidazole rings is 1. The summed E-state index contributed by atoms with van der Waals surface area (Å²) in [5.74, 6) is 0.548. The fraction of sp³-hybridized carbons (Fsp3) is 0.667. The molecule has 0 bridgehead atoms. The van der Waals surface area contributed by atoms with Gasteiger partial charge in [0.1, 0.15) is 0 Å². The van der Waals surface area contributed by atoms with Gasteiger partial charge in [-0.3, -0.25) is 9.36 Å². The number of nitrogens with zero attached hydrogens (tertiary/aromatic N) is 3. The molecule has 6 nitrogen and oxygen atoms in total. The molecule has 0 spiro atoms. The number of hydrogen-bond acceptors (Lipinski definition) is 3. The van der Waals surface area contributed by atoms with Gasteiger partial charge in [0.15, 0.2) is 0 Å². The highest BCUT2D eigenvalue weighted by molar-refractivity contribution is 5.78. The molecule has 1 N–H and O–H groups in total. The largest absolute Gasteiger partial charge is 0.346 e. The van der Waals surface area contributed by atoms with E-state index in [1.165, 1.54) is 5.56 Å². The molecule has 6 heteroatoms. The Morgan fingerprint density at radius 3 is 2.47 bits per heavy atom. The Hall–Kier alpha value is -2.08. The van der Waals surface area contributed by atoms with Crippen LogP contribution in [0.3, 0.4) is 0 Å². The second-order valence-electron chi connectivity index (χ2n) is 9.35. The van der Waals surface area contributed by atoms with Gasteiger partial charge in [-0.05, 0) is 69.6 Å². The highest BCUT2D eigenvalue weighted by atomic mass is 16.2. The SMILES string of the molecule is CCCN(C)C(=O)[C@H]1CC[C@@H](N2CCC(n3c(=O)[nH]c4ccc(C)cc43)CC2)CC1. The van der Waals surface area contributed by atoms with Gasteiger partial charge in [-0.25, -0.2) is 4.79 Å². The number of piperidine rings is 1. The van der Waals surface area contributed by atoms with Gasteiger partial charge in [0.05, 0.1) is 11.0 Å². The van der Waals surface area contributed by atoms with E-state index in [0.29, 0.717) is 11.9 Å². The highest BCUT2D eigenvalue weighted by Gasteiger charge is 2.33. The van der Waals surface area contributed by atoms with Crippen LogP contribution in [-0.4, -0.2) is 58.0 Å². The molecule has 1 aliphatic carbocycles. The normalized spacial score (nSPS) is 23.7. The molecular formula is C24H36N4O2. The molecule has 2 heterocycles. The number of aromatic amines is 1. The molecule has 30 heavy (non-hydrogen) atoms. The first-order valence-electron chi connectivity index (χ1n) is 11.7. The standard InChI is InChI=1S/C24H36N4O2/c1-4-13-26(3)23(29)18-6-8-19(9-7-18)27-14-11-20(12-15-27)28-22-16-17(2)5-10-21(22)25-24(28)30/h5,10,16,18-20H,4,6-9,11-15H2,1-3H3,(H,25,30)/t18-,19+. The molecule has 1 saturated carbocycles. The van der Waals surface area contributed by atoms with Crippen molar-refractivity contribution in [1.29, 1.82) is 0 Å². The van der Waals surface area contributed by atoms with Gasteiger partial charge >= 0.3 is 5.69 Å². The van der Waals surface area contributed by atoms with Gasteiger partial charge in [-0.15, -0.1) is 0 Å². The zero-order valence-electron chi connectivity index (χ0n) is 18.7. The van der Waals surface area contributed by atoms with Crippen LogP contribution in [0.1, 0.15) is 63.5 Å². The number of rotatable bonds is 5. The molecule has 1 amide bonds. The summed E-state index contributed by atoms with van der Waals surface area (Å²) in [5, 5.41) is 0. The van der Waals surface area contributed by atoms with Crippen LogP contribution in [0, 0.1) is 12.8 Å². The van der Waals surface area contributed by atoms with E-state index in [-0.39, 0.29) is 17.6 Å². The second kappa shape index (κ2) is 8.96. The summed E-state index contributed by atoms with van der Waals surface area (Å²) in [6.07, 6.45) is 7.31. The average Bonchev–Trinajstić information content (AvgIpc) is 3.08. The van der Waals surface area contributed by atoms with Crippen molar-refractivity contribution in [2.45, 2.75) is 70.9 Å². The second-order valence-corrected chi connectivity index (χ2v) is 9.35. The molecule has 1 saturated heterocycles. The van der Waals surface area contributed by atoms with Gasteiger partial charge in [0, 0.05) is 44.7 Å². The van der Waals surface area contributed by atoms with Crippen LogP contribution in [0.5, 0.6) is 0 Å². The van der Waals surface area contributed by atoms with E-state index >= 15 is 0 Å². The van der Waals surface area contributed by atoms with E-state index in [9.17, 15) is 9.59 Å². The Labute approximate surface area is 179 Å². The fourth-order valence-electron chi connectivity index (χ4n) is 5.55. The van der Waals surface area contributed by atoms with E-state index < -0.39 is 0 Å². The van der Waals surface area contributed by atoms with Crippen molar-refractivity contribution >= 4 is 16.9 Å². The summed E-state index contributed by atoms with van der Waals surface area (Å²) >= 11 is 0. The van der Waals surface area contributed by atoms with Gasteiger partial charge in [-0.2, -0.15) is 0 Å². The summed E-state index contributed by atoms with van der Waals surface area (Å²) in [5.41, 5.74) is 3.17. The maximum Gasteiger partial charge on any atom is 0.326 e. The van der Waals surface area contributed by atoms with Crippen LogP contribution in [0.15, 0.2) is 23.0 Å². The molecule has 0 radical (unpaired) electrons. The van der Waals surface area contributed by atoms with Crippen LogP contribution in [0.25, 0.3) is 11.0 Å². The number of carbonyl (C=O) groups is 1. The summed E-state index contributed by atoms with van der Waals surface area (Å²) in [6, 6.07) is 7.04. The first-order chi connectivity index (χ1) is 14.5. The Morgan fingerprint density at radius 2 is 1.80 bits per heavy atom. The van der Waals surface area contributed by atoms with E-state index in [1.807, 2.05) is 28.6 Å². The number of aryl methyl sites for hydroxylation is 1. The Morgan fingerprint density at radius 1 is 1.10 bits per heavy atom. The van der Waals surface area contributed by atoms with Crippen molar-refractivity contribution in [2.75, 3.05) is 26.7 Å². The van der Waals surface area contributed by atoms with Crippen molar-refractivity contribution in [3.8, 4) is 0 Å². The number of aromatic nitrogens is 2. The summed E-state index contributed by atoms with van der Waals surface area (Å²) < 4.78 is 1.98. The summed E-state index contributed by atoms with van der Waals surface area (Å²) in [4.78, 5) is 32.7. The summed E-state index contributed by atoms with van der Waals surface area (Å²) in [7, 11) is 1.94. The predicted molar refractivity (Wildman–Crippen MR) is 121 cm³/mol. The quantitative estimate of drug-likeness (QED) is 0.814. The fourth-order valence-corrected chi connectivity index (χ4v) is 5.55. The molecule has 0 atom stereocenters. The van der Waals surface area contributed by atoms with Crippen LogP contribution in [0.4, 0.5) is 0 Å².